The lowest BCUT2D eigenvalue weighted by Crippen LogP contribution is -2.21. The summed E-state index contributed by atoms with van der Waals surface area (Å²) in [4.78, 5) is 11.5. The molecular weight excluding hydrogens is 239 g/mol. The Labute approximate surface area is 109 Å². The molecule has 0 spiro atoms. The SMILES string of the molecule is CCC(F)CCCSC(CC(C)C)C(=O)OC. The number of thioether (sulfide) groups is 1. The number of rotatable bonds is 9. The van der Waals surface area contributed by atoms with Gasteiger partial charge in [0.1, 0.15) is 5.25 Å². The Morgan fingerprint density at radius 3 is 2.53 bits per heavy atom. The molecule has 2 nitrogen and oxygen atoms in total. The van der Waals surface area contributed by atoms with E-state index in [0.29, 0.717) is 18.8 Å². The van der Waals surface area contributed by atoms with Gasteiger partial charge in [-0.2, -0.15) is 0 Å². The zero-order chi connectivity index (χ0) is 13.3. The molecule has 2 unspecified atom stereocenters. The quantitative estimate of drug-likeness (QED) is 0.467. The Morgan fingerprint density at radius 1 is 1.41 bits per heavy atom. The Kier molecular flexibility index (Phi) is 9.60. The lowest BCUT2D eigenvalue weighted by molar-refractivity contribution is -0.140. The molecule has 0 amide bonds. The van der Waals surface area contributed by atoms with Crippen LogP contribution < -0.4 is 0 Å². The highest BCUT2D eigenvalue weighted by Crippen LogP contribution is 2.22. The van der Waals surface area contributed by atoms with Gasteiger partial charge in [0.25, 0.3) is 0 Å². The van der Waals surface area contributed by atoms with E-state index in [9.17, 15) is 9.18 Å². The monoisotopic (exact) mass is 264 g/mol. The zero-order valence-corrected chi connectivity index (χ0v) is 12.2. The summed E-state index contributed by atoms with van der Waals surface area (Å²) in [7, 11) is 1.42. The summed E-state index contributed by atoms with van der Waals surface area (Å²) in [6, 6.07) is 0. The third-order valence-electron chi connectivity index (χ3n) is 2.57. The minimum absolute atomic E-state index is 0.0975. The summed E-state index contributed by atoms with van der Waals surface area (Å²) in [6.45, 7) is 6.03. The van der Waals surface area contributed by atoms with Crippen LogP contribution in [0.5, 0.6) is 0 Å². The third-order valence-corrected chi connectivity index (χ3v) is 3.88. The highest BCUT2D eigenvalue weighted by atomic mass is 32.2. The zero-order valence-electron chi connectivity index (χ0n) is 11.4. The number of hydrogen-bond acceptors (Lipinski definition) is 3. The number of ether oxygens (including phenoxy) is 1. The Bertz CT molecular complexity index is 210. The van der Waals surface area contributed by atoms with Crippen LogP contribution in [0.25, 0.3) is 0 Å². The standard InChI is InChI=1S/C13H25FO2S/c1-5-11(14)7-6-8-17-12(9-10(2)3)13(15)16-4/h10-12H,5-9H2,1-4H3. The van der Waals surface area contributed by atoms with E-state index in [1.54, 1.807) is 11.8 Å². The lowest BCUT2D eigenvalue weighted by atomic mass is 10.1. The predicted molar refractivity (Wildman–Crippen MR) is 72.1 cm³/mol. The molecule has 4 heteroatoms. The molecule has 0 aromatic rings. The van der Waals surface area contributed by atoms with Crippen molar-refractivity contribution >= 4 is 17.7 Å². The Morgan fingerprint density at radius 2 is 2.06 bits per heavy atom. The van der Waals surface area contributed by atoms with Gasteiger partial charge in [-0.05, 0) is 37.4 Å². The van der Waals surface area contributed by atoms with Gasteiger partial charge in [-0.25, -0.2) is 4.39 Å². The van der Waals surface area contributed by atoms with Crippen LogP contribution in [-0.4, -0.2) is 30.3 Å². The molecule has 0 aromatic carbocycles. The van der Waals surface area contributed by atoms with Crippen LogP contribution in [0.2, 0.25) is 0 Å². The van der Waals surface area contributed by atoms with E-state index in [2.05, 4.69) is 13.8 Å². The lowest BCUT2D eigenvalue weighted by Gasteiger charge is -2.16. The van der Waals surface area contributed by atoms with E-state index in [1.165, 1.54) is 7.11 Å². The first kappa shape index (κ1) is 16.8. The molecule has 0 aliphatic rings. The molecule has 17 heavy (non-hydrogen) atoms. The molecule has 0 aliphatic heterocycles. The highest BCUT2D eigenvalue weighted by molar-refractivity contribution is 8.00. The molecule has 0 heterocycles. The summed E-state index contributed by atoms with van der Waals surface area (Å²) in [6.07, 6.45) is 2.13. The largest absolute Gasteiger partial charge is 0.468 e. The smallest absolute Gasteiger partial charge is 0.318 e. The fourth-order valence-corrected chi connectivity index (χ4v) is 2.90. The van der Waals surface area contributed by atoms with Gasteiger partial charge in [0.05, 0.1) is 13.3 Å². The maximum absolute atomic E-state index is 13.0. The van der Waals surface area contributed by atoms with Crippen LogP contribution in [0, 0.1) is 5.92 Å². The second kappa shape index (κ2) is 9.75. The van der Waals surface area contributed by atoms with Crippen molar-refractivity contribution in [1.29, 1.82) is 0 Å². The summed E-state index contributed by atoms with van der Waals surface area (Å²) in [5.74, 6) is 1.14. The molecule has 0 saturated carbocycles. The fourth-order valence-electron chi connectivity index (χ4n) is 1.53. The molecular formula is C13H25FO2S. The first-order chi connectivity index (χ1) is 8.01. The summed E-state index contributed by atoms with van der Waals surface area (Å²) >= 11 is 1.59. The minimum Gasteiger partial charge on any atom is -0.468 e. The second-order valence-corrected chi connectivity index (χ2v) is 5.97. The van der Waals surface area contributed by atoms with E-state index < -0.39 is 6.17 Å². The molecule has 0 fully saturated rings. The molecule has 0 radical (unpaired) electrons. The van der Waals surface area contributed by atoms with Gasteiger partial charge >= 0.3 is 5.97 Å². The number of halogens is 1. The van der Waals surface area contributed by atoms with E-state index in [1.807, 2.05) is 6.92 Å². The van der Waals surface area contributed by atoms with Crippen molar-refractivity contribution in [3.8, 4) is 0 Å². The van der Waals surface area contributed by atoms with Crippen LogP contribution >= 0.6 is 11.8 Å². The molecule has 0 aliphatic carbocycles. The number of hydrogen-bond donors (Lipinski definition) is 0. The van der Waals surface area contributed by atoms with Crippen molar-refractivity contribution in [3.05, 3.63) is 0 Å². The first-order valence-electron chi connectivity index (χ1n) is 6.34. The van der Waals surface area contributed by atoms with Crippen molar-refractivity contribution < 1.29 is 13.9 Å². The summed E-state index contributed by atoms with van der Waals surface area (Å²) in [5, 5.41) is -0.0975. The third kappa shape index (κ3) is 8.47. The van der Waals surface area contributed by atoms with E-state index >= 15 is 0 Å². The molecule has 102 valence electrons. The molecule has 0 rings (SSSR count). The van der Waals surface area contributed by atoms with Gasteiger partial charge < -0.3 is 4.74 Å². The molecule has 2 atom stereocenters. The topological polar surface area (TPSA) is 26.3 Å². The van der Waals surface area contributed by atoms with E-state index in [-0.39, 0.29) is 11.2 Å². The average Bonchev–Trinajstić information content (AvgIpc) is 2.31. The van der Waals surface area contributed by atoms with Crippen LogP contribution in [0.3, 0.4) is 0 Å². The Balaban J connectivity index is 3.87. The van der Waals surface area contributed by atoms with Crippen LogP contribution in [0.15, 0.2) is 0 Å². The predicted octanol–water partition coefficient (Wildman–Crippen LogP) is 3.84. The van der Waals surface area contributed by atoms with E-state index in [4.69, 9.17) is 4.74 Å². The van der Waals surface area contributed by atoms with Gasteiger partial charge in [-0.3, -0.25) is 4.79 Å². The van der Waals surface area contributed by atoms with Gasteiger partial charge in [0.2, 0.25) is 0 Å². The minimum atomic E-state index is -0.697. The van der Waals surface area contributed by atoms with Gasteiger partial charge in [-0.1, -0.05) is 20.8 Å². The van der Waals surface area contributed by atoms with E-state index in [0.717, 1.165) is 18.6 Å². The number of methoxy groups -OCH3 is 1. The maximum atomic E-state index is 13.0. The summed E-state index contributed by atoms with van der Waals surface area (Å²) < 4.78 is 17.8. The number of carbonyl (C=O) groups excluding carboxylic acids is 1. The van der Waals surface area contributed by atoms with Crippen LogP contribution in [0.1, 0.15) is 46.5 Å². The normalized spacial score (nSPS) is 14.7. The number of esters is 1. The average molecular weight is 264 g/mol. The van der Waals surface area contributed by atoms with Crippen molar-refractivity contribution in [2.24, 2.45) is 5.92 Å². The second-order valence-electron chi connectivity index (χ2n) is 4.66. The van der Waals surface area contributed by atoms with Gasteiger partial charge in [0, 0.05) is 0 Å². The molecule has 0 N–H and O–H groups in total. The van der Waals surface area contributed by atoms with Crippen molar-refractivity contribution in [1.82, 2.24) is 0 Å². The molecule has 0 bridgehead atoms. The van der Waals surface area contributed by atoms with Crippen molar-refractivity contribution in [2.75, 3.05) is 12.9 Å². The van der Waals surface area contributed by atoms with Crippen LogP contribution in [-0.2, 0) is 9.53 Å². The Hall–Kier alpha value is -0.250. The fraction of sp³-hybridized carbons (Fsp3) is 0.923. The van der Waals surface area contributed by atoms with Gasteiger partial charge in [0.15, 0.2) is 0 Å². The van der Waals surface area contributed by atoms with Crippen LogP contribution in [0.4, 0.5) is 4.39 Å². The molecule has 0 saturated heterocycles. The maximum Gasteiger partial charge on any atom is 0.318 e. The highest BCUT2D eigenvalue weighted by Gasteiger charge is 2.20. The number of alkyl halides is 1. The van der Waals surface area contributed by atoms with Crippen molar-refractivity contribution in [2.45, 2.75) is 57.9 Å². The molecule has 0 aromatic heterocycles. The van der Waals surface area contributed by atoms with Crippen molar-refractivity contribution in [3.63, 3.8) is 0 Å². The van der Waals surface area contributed by atoms with Gasteiger partial charge in [-0.15, -0.1) is 11.8 Å². The number of carbonyl (C=O) groups is 1. The summed E-state index contributed by atoms with van der Waals surface area (Å²) in [5.41, 5.74) is 0. The first-order valence-corrected chi connectivity index (χ1v) is 7.39.